The van der Waals surface area contributed by atoms with E-state index in [2.05, 4.69) is 16.5 Å². The van der Waals surface area contributed by atoms with Gasteiger partial charge in [-0.25, -0.2) is 0 Å². The maximum absolute atomic E-state index is 5.61. The molecule has 4 heteroatoms. The molecule has 0 saturated carbocycles. The van der Waals surface area contributed by atoms with Gasteiger partial charge in [0.05, 0.1) is 0 Å². The Labute approximate surface area is 96.2 Å². The van der Waals surface area contributed by atoms with Crippen LogP contribution in [0.4, 0.5) is 0 Å². The van der Waals surface area contributed by atoms with Gasteiger partial charge in [0.25, 0.3) is 0 Å². The molecule has 2 heterocycles. The van der Waals surface area contributed by atoms with E-state index < -0.39 is 0 Å². The van der Waals surface area contributed by atoms with E-state index in [1.807, 2.05) is 19.3 Å². The first-order chi connectivity index (χ1) is 7.79. The number of pyridine rings is 1. The molecular formula is C12H19N3O. The van der Waals surface area contributed by atoms with E-state index in [0.717, 1.165) is 31.6 Å². The number of hydrazine groups is 1. The molecule has 0 aliphatic carbocycles. The second kappa shape index (κ2) is 5.39. The predicted octanol–water partition coefficient (Wildman–Crippen LogP) is 1.32. The summed E-state index contributed by atoms with van der Waals surface area (Å²) in [6, 6.07) is 2.31. The molecule has 2 atom stereocenters. The fourth-order valence-electron chi connectivity index (χ4n) is 2.17. The summed E-state index contributed by atoms with van der Waals surface area (Å²) < 4.78 is 5.38. The molecule has 1 saturated heterocycles. The summed E-state index contributed by atoms with van der Waals surface area (Å²) in [5, 5.41) is 0. The minimum Gasteiger partial charge on any atom is -0.381 e. The van der Waals surface area contributed by atoms with Gasteiger partial charge in [-0.05, 0) is 36.8 Å². The lowest BCUT2D eigenvalue weighted by molar-refractivity contribution is 0.181. The van der Waals surface area contributed by atoms with Crippen molar-refractivity contribution in [3.05, 3.63) is 29.6 Å². The van der Waals surface area contributed by atoms with Crippen molar-refractivity contribution in [3.63, 3.8) is 0 Å². The molecule has 0 amide bonds. The first-order valence-corrected chi connectivity index (χ1v) is 5.75. The summed E-state index contributed by atoms with van der Waals surface area (Å²) in [5.41, 5.74) is 5.21. The third-order valence-electron chi connectivity index (χ3n) is 3.09. The molecule has 88 valence electrons. The monoisotopic (exact) mass is 221 g/mol. The third-order valence-corrected chi connectivity index (χ3v) is 3.09. The lowest BCUT2D eigenvalue weighted by atomic mass is 9.95. The Morgan fingerprint density at radius 3 is 3.12 bits per heavy atom. The Kier molecular flexibility index (Phi) is 3.88. The van der Waals surface area contributed by atoms with Crippen LogP contribution in [0.3, 0.4) is 0 Å². The number of nitrogens with zero attached hydrogens (tertiary/aromatic N) is 1. The topological polar surface area (TPSA) is 60.2 Å². The molecule has 1 aliphatic heterocycles. The standard InChI is InChI=1S/C12H19N3O/c1-9-4-11(7-14-6-9)12(15-13)5-10-2-3-16-8-10/h4,6-7,10,12,15H,2-3,5,8,13H2,1H3. The quantitative estimate of drug-likeness (QED) is 0.594. The normalized spacial score (nSPS) is 22.2. The molecule has 2 rings (SSSR count). The minimum atomic E-state index is 0.180. The van der Waals surface area contributed by atoms with Gasteiger partial charge in [-0.1, -0.05) is 6.07 Å². The van der Waals surface area contributed by atoms with Crippen LogP contribution in [-0.2, 0) is 4.74 Å². The number of rotatable bonds is 4. The summed E-state index contributed by atoms with van der Waals surface area (Å²) in [6.07, 6.45) is 5.89. The van der Waals surface area contributed by atoms with Crippen molar-refractivity contribution >= 4 is 0 Å². The second-order valence-electron chi connectivity index (χ2n) is 4.48. The number of nitrogens with two attached hydrogens (primary N) is 1. The van der Waals surface area contributed by atoms with Crippen molar-refractivity contribution in [3.8, 4) is 0 Å². The largest absolute Gasteiger partial charge is 0.381 e. The molecule has 0 bridgehead atoms. The van der Waals surface area contributed by atoms with Crippen molar-refractivity contribution in [1.82, 2.24) is 10.4 Å². The molecule has 1 fully saturated rings. The molecule has 1 aromatic rings. The maximum atomic E-state index is 5.61. The number of hydrogen-bond acceptors (Lipinski definition) is 4. The van der Waals surface area contributed by atoms with E-state index in [1.165, 1.54) is 5.56 Å². The molecule has 0 aromatic carbocycles. The number of ether oxygens (including phenoxy) is 1. The third kappa shape index (κ3) is 2.78. The fraction of sp³-hybridized carbons (Fsp3) is 0.583. The molecule has 0 spiro atoms. The van der Waals surface area contributed by atoms with Gasteiger partial charge in [0.2, 0.25) is 0 Å². The number of aryl methyl sites for hydroxylation is 1. The smallest absolute Gasteiger partial charge is 0.0495 e. The summed E-state index contributed by atoms with van der Waals surface area (Å²) in [4.78, 5) is 4.20. The van der Waals surface area contributed by atoms with Crippen LogP contribution in [0, 0.1) is 12.8 Å². The lowest BCUT2D eigenvalue weighted by Gasteiger charge is -2.19. The van der Waals surface area contributed by atoms with E-state index in [4.69, 9.17) is 10.6 Å². The molecular weight excluding hydrogens is 202 g/mol. The average Bonchev–Trinajstić information content (AvgIpc) is 2.78. The van der Waals surface area contributed by atoms with Gasteiger partial charge in [0.15, 0.2) is 0 Å². The lowest BCUT2D eigenvalue weighted by Crippen LogP contribution is -2.30. The highest BCUT2D eigenvalue weighted by molar-refractivity contribution is 5.20. The van der Waals surface area contributed by atoms with Crippen LogP contribution in [0.25, 0.3) is 0 Å². The predicted molar refractivity (Wildman–Crippen MR) is 62.6 cm³/mol. The molecule has 0 radical (unpaired) electrons. The zero-order valence-electron chi connectivity index (χ0n) is 9.65. The molecule has 1 aromatic heterocycles. The summed E-state index contributed by atoms with van der Waals surface area (Å²) in [7, 11) is 0. The van der Waals surface area contributed by atoms with Gasteiger partial charge in [-0.15, -0.1) is 0 Å². The molecule has 16 heavy (non-hydrogen) atoms. The Morgan fingerprint density at radius 1 is 1.62 bits per heavy atom. The maximum Gasteiger partial charge on any atom is 0.0495 e. The highest BCUT2D eigenvalue weighted by Crippen LogP contribution is 2.25. The zero-order chi connectivity index (χ0) is 11.4. The number of hydrogen-bond donors (Lipinski definition) is 2. The van der Waals surface area contributed by atoms with Crippen molar-refractivity contribution in [1.29, 1.82) is 0 Å². The van der Waals surface area contributed by atoms with Crippen LogP contribution in [0.15, 0.2) is 18.5 Å². The average molecular weight is 221 g/mol. The van der Waals surface area contributed by atoms with Gasteiger partial charge in [0, 0.05) is 31.6 Å². The van der Waals surface area contributed by atoms with Crippen LogP contribution in [0.2, 0.25) is 0 Å². The van der Waals surface area contributed by atoms with Gasteiger partial charge in [-0.2, -0.15) is 0 Å². The minimum absolute atomic E-state index is 0.180. The van der Waals surface area contributed by atoms with E-state index in [-0.39, 0.29) is 6.04 Å². The van der Waals surface area contributed by atoms with Gasteiger partial charge >= 0.3 is 0 Å². The van der Waals surface area contributed by atoms with E-state index in [0.29, 0.717) is 5.92 Å². The van der Waals surface area contributed by atoms with Crippen LogP contribution in [0.5, 0.6) is 0 Å². The molecule has 1 aliphatic rings. The van der Waals surface area contributed by atoms with E-state index in [1.54, 1.807) is 0 Å². The van der Waals surface area contributed by atoms with Crippen LogP contribution < -0.4 is 11.3 Å². The first-order valence-electron chi connectivity index (χ1n) is 5.75. The molecule has 2 unspecified atom stereocenters. The Balaban J connectivity index is 2.03. The Hall–Kier alpha value is -0.970. The SMILES string of the molecule is Cc1cncc(C(CC2CCOC2)NN)c1. The molecule has 4 nitrogen and oxygen atoms in total. The first kappa shape index (κ1) is 11.5. The Bertz CT molecular complexity index is 337. The number of aromatic nitrogens is 1. The highest BCUT2D eigenvalue weighted by atomic mass is 16.5. The van der Waals surface area contributed by atoms with Crippen LogP contribution >= 0.6 is 0 Å². The van der Waals surface area contributed by atoms with Gasteiger partial charge in [-0.3, -0.25) is 16.3 Å². The van der Waals surface area contributed by atoms with Crippen LogP contribution in [0.1, 0.15) is 30.0 Å². The molecule has 3 N–H and O–H groups in total. The summed E-state index contributed by atoms with van der Waals surface area (Å²) in [5.74, 6) is 6.23. The van der Waals surface area contributed by atoms with Crippen molar-refractivity contribution in [2.75, 3.05) is 13.2 Å². The van der Waals surface area contributed by atoms with Gasteiger partial charge in [0.1, 0.15) is 0 Å². The van der Waals surface area contributed by atoms with E-state index >= 15 is 0 Å². The van der Waals surface area contributed by atoms with Crippen molar-refractivity contribution in [2.24, 2.45) is 11.8 Å². The van der Waals surface area contributed by atoms with Crippen LogP contribution in [-0.4, -0.2) is 18.2 Å². The number of nitrogens with one attached hydrogen (secondary N) is 1. The fourth-order valence-corrected chi connectivity index (χ4v) is 2.17. The summed E-state index contributed by atoms with van der Waals surface area (Å²) >= 11 is 0. The zero-order valence-corrected chi connectivity index (χ0v) is 9.65. The van der Waals surface area contributed by atoms with Crippen molar-refractivity contribution < 1.29 is 4.74 Å². The van der Waals surface area contributed by atoms with E-state index in [9.17, 15) is 0 Å². The second-order valence-corrected chi connectivity index (χ2v) is 4.48. The highest BCUT2D eigenvalue weighted by Gasteiger charge is 2.21. The van der Waals surface area contributed by atoms with Crippen molar-refractivity contribution in [2.45, 2.75) is 25.8 Å². The summed E-state index contributed by atoms with van der Waals surface area (Å²) in [6.45, 7) is 3.79. The Morgan fingerprint density at radius 2 is 2.50 bits per heavy atom. The van der Waals surface area contributed by atoms with Gasteiger partial charge < -0.3 is 4.74 Å².